The fraction of sp³-hybridized carbons (Fsp3) is 1.00. The molecule has 0 heterocycles. The second-order valence-electron chi connectivity index (χ2n) is 4.62. The van der Waals surface area contributed by atoms with Crippen LogP contribution >= 0.6 is 0 Å². The molecule has 0 bridgehead atoms. The van der Waals surface area contributed by atoms with Crippen molar-refractivity contribution in [2.75, 3.05) is 0 Å². The molecule has 0 aromatic heterocycles. The minimum Gasteiger partial charge on any atom is -0.341 e. The van der Waals surface area contributed by atoms with Gasteiger partial charge in [0.25, 0.3) is 0 Å². The van der Waals surface area contributed by atoms with Crippen LogP contribution in [-0.4, -0.2) is 32.5 Å². The zero-order valence-electron chi connectivity index (χ0n) is 10.1. The lowest BCUT2D eigenvalue weighted by Gasteiger charge is -2.38. The van der Waals surface area contributed by atoms with Crippen molar-refractivity contribution >= 4 is 0 Å². The Kier molecular flexibility index (Phi) is 4.69. The molecule has 0 spiro atoms. The maximum absolute atomic E-state index is 9.23. The molecule has 0 aromatic carbocycles. The van der Waals surface area contributed by atoms with Crippen molar-refractivity contribution in [2.45, 2.75) is 64.6 Å². The Balaban J connectivity index is 4.67. The van der Waals surface area contributed by atoms with E-state index >= 15 is 0 Å². The standard InChI is InChI=1S/C10H22O5/c1-6-9(7-2,10(11,12)13)15-14-8(3,4)5/h11-13H,6-7H2,1-5H3. The Bertz CT molecular complexity index is 185. The molecular formula is C10H22O5. The third-order valence-electron chi connectivity index (χ3n) is 2.20. The van der Waals surface area contributed by atoms with Gasteiger partial charge in [-0.25, -0.2) is 9.78 Å². The van der Waals surface area contributed by atoms with E-state index in [4.69, 9.17) is 9.78 Å². The van der Waals surface area contributed by atoms with Crippen molar-refractivity contribution in [1.29, 1.82) is 0 Å². The van der Waals surface area contributed by atoms with Crippen LogP contribution in [0.25, 0.3) is 0 Å². The topological polar surface area (TPSA) is 79.2 Å². The van der Waals surface area contributed by atoms with Crippen LogP contribution in [0.1, 0.15) is 47.5 Å². The van der Waals surface area contributed by atoms with Gasteiger partial charge >= 0.3 is 5.97 Å². The van der Waals surface area contributed by atoms with Gasteiger partial charge in [-0.05, 0) is 33.6 Å². The molecule has 0 saturated heterocycles. The molecule has 0 rings (SSSR count). The molecular weight excluding hydrogens is 200 g/mol. The first kappa shape index (κ1) is 14.8. The van der Waals surface area contributed by atoms with Crippen LogP contribution < -0.4 is 0 Å². The summed E-state index contributed by atoms with van der Waals surface area (Å²) in [6, 6.07) is 0. The van der Waals surface area contributed by atoms with E-state index < -0.39 is 17.2 Å². The largest absolute Gasteiger partial charge is 0.341 e. The fourth-order valence-corrected chi connectivity index (χ4v) is 1.10. The van der Waals surface area contributed by atoms with Gasteiger partial charge in [0.1, 0.15) is 0 Å². The van der Waals surface area contributed by atoms with Crippen molar-refractivity contribution in [1.82, 2.24) is 0 Å². The van der Waals surface area contributed by atoms with Gasteiger partial charge in [-0.2, -0.15) is 0 Å². The van der Waals surface area contributed by atoms with Gasteiger partial charge < -0.3 is 15.3 Å². The van der Waals surface area contributed by atoms with Gasteiger partial charge in [-0.15, -0.1) is 0 Å². The quantitative estimate of drug-likeness (QED) is 0.366. The molecule has 0 atom stereocenters. The van der Waals surface area contributed by atoms with Crippen molar-refractivity contribution in [3.63, 3.8) is 0 Å². The third kappa shape index (κ3) is 4.04. The van der Waals surface area contributed by atoms with Crippen LogP contribution in [0.2, 0.25) is 0 Å². The van der Waals surface area contributed by atoms with Crippen LogP contribution in [0.3, 0.4) is 0 Å². The second kappa shape index (κ2) is 4.76. The summed E-state index contributed by atoms with van der Waals surface area (Å²) in [4.78, 5) is 10.0. The number of aliphatic hydroxyl groups is 3. The summed E-state index contributed by atoms with van der Waals surface area (Å²) in [6.07, 6.45) is 0.423. The van der Waals surface area contributed by atoms with Gasteiger partial charge in [0.2, 0.25) is 0 Å². The van der Waals surface area contributed by atoms with Gasteiger partial charge in [-0.3, -0.25) is 0 Å². The average molecular weight is 222 g/mol. The highest BCUT2D eigenvalue weighted by Crippen LogP contribution is 2.31. The van der Waals surface area contributed by atoms with Crippen LogP contribution in [0.5, 0.6) is 0 Å². The number of hydrogen-bond acceptors (Lipinski definition) is 5. The van der Waals surface area contributed by atoms with Crippen molar-refractivity contribution in [2.24, 2.45) is 0 Å². The zero-order valence-corrected chi connectivity index (χ0v) is 10.1. The van der Waals surface area contributed by atoms with E-state index in [0.29, 0.717) is 0 Å². The molecule has 5 heteroatoms. The van der Waals surface area contributed by atoms with E-state index in [2.05, 4.69) is 0 Å². The van der Waals surface area contributed by atoms with Gasteiger partial charge in [0, 0.05) is 0 Å². The SMILES string of the molecule is CCC(CC)(OOC(C)(C)C)C(O)(O)O. The van der Waals surface area contributed by atoms with Crippen LogP contribution in [0, 0.1) is 0 Å². The van der Waals surface area contributed by atoms with Crippen LogP contribution in [0.4, 0.5) is 0 Å². The van der Waals surface area contributed by atoms with Crippen LogP contribution in [-0.2, 0) is 9.78 Å². The Hall–Kier alpha value is -0.200. The van der Waals surface area contributed by atoms with Gasteiger partial charge in [-0.1, -0.05) is 13.8 Å². The van der Waals surface area contributed by atoms with Crippen molar-refractivity contribution < 1.29 is 25.1 Å². The first-order valence-corrected chi connectivity index (χ1v) is 5.12. The first-order valence-electron chi connectivity index (χ1n) is 5.12. The molecule has 0 aliphatic heterocycles. The maximum Gasteiger partial charge on any atom is 0.309 e. The molecule has 0 radical (unpaired) electrons. The van der Waals surface area contributed by atoms with Gasteiger partial charge in [0.15, 0.2) is 5.60 Å². The highest BCUT2D eigenvalue weighted by atomic mass is 17.2. The van der Waals surface area contributed by atoms with E-state index in [0.717, 1.165) is 0 Å². The lowest BCUT2D eigenvalue weighted by molar-refractivity contribution is -0.495. The molecule has 5 nitrogen and oxygen atoms in total. The van der Waals surface area contributed by atoms with Crippen molar-refractivity contribution in [3.05, 3.63) is 0 Å². The summed E-state index contributed by atoms with van der Waals surface area (Å²) in [5, 5.41) is 27.7. The normalized spacial score (nSPS) is 14.4. The summed E-state index contributed by atoms with van der Waals surface area (Å²) in [5.41, 5.74) is -2.11. The molecule has 0 aliphatic rings. The molecule has 3 N–H and O–H groups in total. The maximum atomic E-state index is 9.23. The van der Waals surface area contributed by atoms with E-state index in [-0.39, 0.29) is 12.8 Å². The number of hydrogen-bond donors (Lipinski definition) is 3. The Morgan fingerprint density at radius 3 is 1.47 bits per heavy atom. The highest BCUT2D eigenvalue weighted by molar-refractivity contribution is 4.83. The third-order valence-corrected chi connectivity index (χ3v) is 2.20. The van der Waals surface area contributed by atoms with E-state index in [1.807, 2.05) is 0 Å². The molecule has 0 aromatic rings. The minimum atomic E-state index is -2.91. The Morgan fingerprint density at radius 2 is 1.27 bits per heavy atom. The summed E-state index contributed by atoms with van der Waals surface area (Å²) in [5.74, 6) is -2.91. The van der Waals surface area contributed by atoms with E-state index in [1.54, 1.807) is 34.6 Å². The minimum absolute atomic E-state index is 0.211. The fourth-order valence-electron chi connectivity index (χ4n) is 1.10. The summed E-state index contributed by atoms with van der Waals surface area (Å²) >= 11 is 0. The first-order chi connectivity index (χ1) is 6.58. The summed E-state index contributed by atoms with van der Waals surface area (Å²) in [6.45, 7) is 8.63. The van der Waals surface area contributed by atoms with Crippen molar-refractivity contribution in [3.8, 4) is 0 Å². The molecule has 0 unspecified atom stereocenters. The van der Waals surface area contributed by atoms with E-state index in [1.165, 1.54) is 0 Å². The Morgan fingerprint density at radius 1 is 0.867 bits per heavy atom. The highest BCUT2D eigenvalue weighted by Gasteiger charge is 2.49. The molecule has 0 amide bonds. The lowest BCUT2D eigenvalue weighted by atomic mass is 9.94. The lowest BCUT2D eigenvalue weighted by Crippen LogP contribution is -2.56. The summed E-state index contributed by atoms with van der Waals surface area (Å²) in [7, 11) is 0. The van der Waals surface area contributed by atoms with E-state index in [9.17, 15) is 15.3 Å². The molecule has 0 saturated carbocycles. The average Bonchev–Trinajstić information content (AvgIpc) is 2.02. The predicted octanol–water partition coefficient (Wildman–Crippen LogP) is 0.923. The monoisotopic (exact) mass is 222 g/mol. The predicted molar refractivity (Wildman–Crippen MR) is 54.6 cm³/mol. The smallest absolute Gasteiger partial charge is 0.309 e. The molecule has 92 valence electrons. The number of rotatable bonds is 5. The summed E-state index contributed by atoms with van der Waals surface area (Å²) < 4.78 is 0. The van der Waals surface area contributed by atoms with Gasteiger partial charge in [0.05, 0.1) is 5.60 Å². The second-order valence-corrected chi connectivity index (χ2v) is 4.62. The molecule has 15 heavy (non-hydrogen) atoms. The molecule has 0 fully saturated rings. The molecule has 0 aliphatic carbocycles. The zero-order chi connectivity index (χ0) is 12.3. The van der Waals surface area contributed by atoms with Crippen LogP contribution in [0.15, 0.2) is 0 Å². The Labute approximate surface area is 90.6 Å².